The van der Waals surface area contributed by atoms with Crippen molar-refractivity contribution in [2.45, 2.75) is 16.2 Å². The molecule has 0 amide bonds. The first-order valence-corrected chi connectivity index (χ1v) is 37.7. The molecular formula is C105H67N3. The molecule has 3 spiro atoms. The molecular weight excluding hydrogens is 1300 g/mol. The van der Waals surface area contributed by atoms with E-state index in [0.29, 0.717) is 0 Å². The summed E-state index contributed by atoms with van der Waals surface area (Å²) in [5.74, 6) is 0. The predicted molar refractivity (Wildman–Crippen MR) is 446 cm³/mol. The Labute approximate surface area is 627 Å². The fraction of sp³-hybridized carbons (Fsp3) is 0.0286. The lowest BCUT2D eigenvalue weighted by Gasteiger charge is -2.40. The lowest BCUT2D eigenvalue weighted by atomic mass is 9.65. The highest BCUT2D eigenvalue weighted by atomic mass is 15.1. The Kier molecular flexibility index (Phi) is 12.9. The minimum atomic E-state index is -0.526. The number of hydrogen-bond donors (Lipinski definition) is 1. The van der Waals surface area contributed by atoms with Crippen molar-refractivity contribution in [3.63, 3.8) is 0 Å². The minimum absolute atomic E-state index is 0.312. The molecule has 18 aromatic rings. The summed E-state index contributed by atoms with van der Waals surface area (Å²) in [6.07, 6.45) is 0. The zero-order chi connectivity index (χ0) is 70.8. The van der Waals surface area contributed by atoms with E-state index in [0.717, 1.165) is 28.4 Å². The average Bonchev–Trinajstić information content (AvgIpc) is 1.49. The second-order valence-electron chi connectivity index (χ2n) is 29.7. The Morgan fingerprint density at radius 3 is 1.00 bits per heavy atom. The van der Waals surface area contributed by atoms with Crippen LogP contribution in [-0.4, -0.2) is 4.57 Å². The van der Waals surface area contributed by atoms with Crippen molar-refractivity contribution in [1.82, 2.24) is 4.57 Å². The van der Waals surface area contributed by atoms with Crippen molar-refractivity contribution in [2.24, 2.45) is 0 Å². The van der Waals surface area contributed by atoms with Crippen molar-refractivity contribution < 1.29 is 0 Å². The molecule has 1 aromatic heterocycles. The number of nitrogens with one attached hydrogen (secondary N) is 1. The summed E-state index contributed by atoms with van der Waals surface area (Å²) in [6, 6.07) is 149. The van der Waals surface area contributed by atoms with E-state index in [2.05, 4.69) is 415 Å². The molecule has 0 radical (unpaired) electrons. The zero-order valence-corrected chi connectivity index (χ0v) is 59.0. The predicted octanol–water partition coefficient (Wildman–Crippen LogP) is 26.4. The van der Waals surface area contributed by atoms with E-state index < -0.39 is 10.8 Å². The van der Waals surface area contributed by atoms with Gasteiger partial charge in [-0.15, -0.1) is 0 Å². The molecule has 502 valence electrons. The number of nitrogens with zero attached hydrogens (tertiary/aromatic N) is 2. The Morgan fingerprint density at radius 1 is 0.204 bits per heavy atom. The quantitative estimate of drug-likeness (QED) is 0.172. The number of fused-ring (bicyclic) bond motifs is 32. The molecule has 1 aliphatic heterocycles. The minimum Gasteiger partial charge on any atom is -0.356 e. The van der Waals surface area contributed by atoms with Gasteiger partial charge in [0.1, 0.15) is 0 Å². The Morgan fingerprint density at radius 2 is 0.528 bits per heavy atom. The van der Waals surface area contributed by atoms with Crippen molar-refractivity contribution >= 4 is 50.2 Å². The molecule has 5 aliphatic carbocycles. The van der Waals surface area contributed by atoms with Gasteiger partial charge in [-0.3, -0.25) is 0 Å². The summed E-state index contributed by atoms with van der Waals surface area (Å²) in [5, 5.41) is 6.24. The number of anilines is 5. The zero-order valence-electron chi connectivity index (χ0n) is 59.0. The van der Waals surface area contributed by atoms with Gasteiger partial charge in [0.05, 0.1) is 33.0 Å². The molecule has 0 fully saturated rings. The Hall–Kier alpha value is -13.9. The van der Waals surface area contributed by atoms with Gasteiger partial charge in [0.2, 0.25) is 0 Å². The Balaban J connectivity index is 0.000000156. The third kappa shape index (κ3) is 8.17. The fourth-order valence-electron chi connectivity index (χ4n) is 20.5. The highest BCUT2D eigenvalue weighted by molar-refractivity contribution is 6.13. The Bertz CT molecular complexity index is 6600. The van der Waals surface area contributed by atoms with Crippen molar-refractivity contribution in [3.8, 4) is 83.6 Å². The summed E-state index contributed by atoms with van der Waals surface area (Å²) in [5.41, 5.74) is 42.0. The van der Waals surface area contributed by atoms with Gasteiger partial charge in [-0.2, -0.15) is 0 Å². The van der Waals surface area contributed by atoms with Crippen LogP contribution < -0.4 is 10.2 Å². The van der Waals surface area contributed by atoms with Crippen LogP contribution in [0.15, 0.2) is 400 Å². The topological polar surface area (TPSA) is 20.2 Å². The van der Waals surface area contributed by atoms with Crippen LogP contribution in [-0.2, 0) is 16.2 Å². The number of aromatic nitrogens is 1. The summed E-state index contributed by atoms with van der Waals surface area (Å²) in [7, 11) is 0. The monoisotopic (exact) mass is 1370 g/mol. The second kappa shape index (κ2) is 23.1. The molecule has 3 nitrogen and oxygen atoms in total. The summed E-state index contributed by atoms with van der Waals surface area (Å²) in [4.78, 5) is 2.51. The summed E-state index contributed by atoms with van der Waals surface area (Å²) in [6.45, 7) is 0. The van der Waals surface area contributed by atoms with Crippen molar-refractivity contribution in [1.29, 1.82) is 0 Å². The van der Waals surface area contributed by atoms with Crippen LogP contribution >= 0.6 is 0 Å². The van der Waals surface area contributed by atoms with Gasteiger partial charge in [-0.25, -0.2) is 0 Å². The molecule has 17 aromatic carbocycles. The number of rotatable bonds is 7. The maximum atomic E-state index is 3.69. The average molecular weight is 1370 g/mol. The fourth-order valence-corrected chi connectivity index (χ4v) is 20.5. The van der Waals surface area contributed by atoms with Crippen LogP contribution in [0.4, 0.5) is 28.4 Å². The molecule has 6 aliphatic rings. The van der Waals surface area contributed by atoms with E-state index in [1.807, 2.05) is 0 Å². The highest BCUT2D eigenvalue weighted by Gasteiger charge is 2.55. The molecule has 0 bridgehead atoms. The maximum absolute atomic E-state index is 3.69. The molecule has 108 heavy (non-hydrogen) atoms. The van der Waals surface area contributed by atoms with Crippen LogP contribution in [0, 0.1) is 0 Å². The number of benzene rings is 17. The van der Waals surface area contributed by atoms with Crippen molar-refractivity contribution in [2.75, 3.05) is 10.2 Å². The van der Waals surface area contributed by atoms with E-state index >= 15 is 0 Å². The second-order valence-corrected chi connectivity index (χ2v) is 29.7. The molecule has 2 heterocycles. The first kappa shape index (κ1) is 60.5. The lowest BCUT2D eigenvalue weighted by Crippen LogP contribution is -2.33. The standard InChI is InChI=1S/C68H42N2.C37H25N/c1-2-17-43(18-3-1)44-33-35-45(36-34-44)69(46-37-39-53-52-23-8-12-28-58(52)67(63(53)41-46)56-26-10-4-19-48(56)49-20-5-11-27-57(49)67)47-38-40-61-65(42-47)70-64-32-15-9-24-54(64)55-25-16-31-62(66(55)70)68(61)59-29-13-6-21-50(59)51-22-7-14-30-60(51)68;1-2-10-25(11-3-1)26-18-20-27(21-19-26)38-28-22-23-32-31-14-6-9-17-35(31)37(36(32)24-28)33-15-7-4-12-29(33)30-13-5-8-16-34(30)37/h1-42H;1-24,38H. The van der Waals surface area contributed by atoms with Crippen LogP contribution in [0.2, 0.25) is 0 Å². The maximum Gasteiger partial charge on any atom is 0.0754 e. The normalized spacial score (nSPS) is 14.0. The smallest absolute Gasteiger partial charge is 0.0754 e. The molecule has 0 unspecified atom stereocenters. The lowest BCUT2D eigenvalue weighted by molar-refractivity contribution is 0.748. The molecule has 3 heteroatoms. The van der Waals surface area contributed by atoms with Gasteiger partial charge in [0, 0.05) is 39.2 Å². The molecule has 0 saturated heterocycles. The SMILES string of the molecule is c1ccc(-c2ccc(N(c3ccc4c(c3)-n3c5ccccc5c5cccc(c53)C43c4ccccc4-c4ccccc43)c3ccc4c(c3)C3(c5ccccc5-c5ccccc53)c3ccccc3-4)cc2)cc1.c1ccc(-c2ccc(Nc3ccc4c(c3)C3(c5ccccc5-c5ccccc53)c3ccccc3-4)cc2)cc1. The van der Waals surface area contributed by atoms with Gasteiger partial charge in [0.15, 0.2) is 0 Å². The third-order valence-electron chi connectivity index (χ3n) is 24.7. The van der Waals surface area contributed by atoms with Gasteiger partial charge in [0.25, 0.3) is 0 Å². The summed E-state index contributed by atoms with van der Waals surface area (Å²) < 4.78 is 2.57. The molecule has 24 rings (SSSR count). The van der Waals surface area contributed by atoms with Crippen LogP contribution in [0.25, 0.3) is 105 Å². The summed E-state index contributed by atoms with van der Waals surface area (Å²) >= 11 is 0. The molecule has 1 N–H and O–H groups in total. The van der Waals surface area contributed by atoms with E-state index in [1.165, 1.54) is 172 Å². The first-order chi connectivity index (χ1) is 53.6. The van der Waals surface area contributed by atoms with E-state index in [1.54, 1.807) is 0 Å². The number of para-hydroxylation sites is 2. The molecule has 0 atom stereocenters. The van der Waals surface area contributed by atoms with Gasteiger partial charge >= 0.3 is 0 Å². The number of hydrogen-bond acceptors (Lipinski definition) is 2. The third-order valence-corrected chi connectivity index (χ3v) is 24.7. The van der Waals surface area contributed by atoms with Crippen LogP contribution in [0.5, 0.6) is 0 Å². The van der Waals surface area contributed by atoms with E-state index in [9.17, 15) is 0 Å². The molecule has 0 saturated carbocycles. The van der Waals surface area contributed by atoms with Crippen LogP contribution in [0.3, 0.4) is 0 Å². The van der Waals surface area contributed by atoms with E-state index in [4.69, 9.17) is 0 Å². The van der Waals surface area contributed by atoms with Crippen LogP contribution in [0.1, 0.15) is 66.8 Å². The van der Waals surface area contributed by atoms with Crippen molar-refractivity contribution in [3.05, 3.63) is 467 Å². The van der Waals surface area contributed by atoms with Gasteiger partial charge in [-0.05, 0) is 211 Å². The van der Waals surface area contributed by atoms with Gasteiger partial charge < -0.3 is 14.8 Å². The first-order valence-electron chi connectivity index (χ1n) is 37.7. The largest absolute Gasteiger partial charge is 0.356 e. The highest BCUT2D eigenvalue weighted by Crippen LogP contribution is 2.67. The van der Waals surface area contributed by atoms with E-state index in [-0.39, 0.29) is 5.41 Å². The van der Waals surface area contributed by atoms with Gasteiger partial charge in [-0.1, -0.05) is 334 Å².